The Hall–Kier alpha value is -5.59. The molecule has 13 heteroatoms. The SMILES string of the molecule is CN1C(=O)C(NC(=O)c2ncn(Cc3ccccc3F)n2)COc2ccc(CCC(=O)Nc3ccc(C=[NH2+])c(N)c3)cc21. The van der Waals surface area contributed by atoms with E-state index in [2.05, 4.69) is 20.7 Å². The molecule has 1 unspecified atom stereocenters. The summed E-state index contributed by atoms with van der Waals surface area (Å²) >= 11 is 0. The topological polar surface area (TPSA) is 170 Å². The predicted molar refractivity (Wildman–Crippen MR) is 157 cm³/mol. The van der Waals surface area contributed by atoms with Crippen molar-refractivity contribution < 1.29 is 28.9 Å². The molecule has 4 aromatic rings. The third-order valence-electron chi connectivity index (χ3n) is 6.94. The number of aryl methyl sites for hydroxylation is 1. The van der Waals surface area contributed by atoms with Gasteiger partial charge in [-0.2, -0.15) is 0 Å². The van der Waals surface area contributed by atoms with Crippen LogP contribution in [-0.2, 0) is 22.6 Å². The molecule has 2 heterocycles. The number of nitrogens with two attached hydrogens (primary N) is 2. The van der Waals surface area contributed by atoms with E-state index in [-0.39, 0.29) is 31.3 Å². The number of carbonyl (C=O) groups excluding carboxylic acids is 3. The molecular weight excluding hydrogens is 555 g/mol. The first-order chi connectivity index (χ1) is 20.7. The highest BCUT2D eigenvalue weighted by Gasteiger charge is 2.31. The van der Waals surface area contributed by atoms with Crippen LogP contribution in [0.2, 0.25) is 0 Å². The molecule has 12 nitrogen and oxygen atoms in total. The average molecular weight is 586 g/mol. The van der Waals surface area contributed by atoms with Crippen molar-refractivity contribution in [1.29, 1.82) is 0 Å². The Kier molecular flexibility index (Phi) is 8.41. The van der Waals surface area contributed by atoms with Crippen LogP contribution >= 0.6 is 0 Å². The third-order valence-corrected chi connectivity index (χ3v) is 6.94. The molecule has 0 bridgehead atoms. The second-order valence-corrected chi connectivity index (χ2v) is 9.95. The van der Waals surface area contributed by atoms with E-state index in [4.69, 9.17) is 15.9 Å². The van der Waals surface area contributed by atoms with E-state index in [0.717, 1.165) is 5.56 Å². The van der Waals surface area contributed by atoms with E-state index in [1.807, 2.05) is 6.07 Å². The number of nitrogens with one attached hydrogen (secondary N) is 2. The molecule has 1 aromatic heterocycles. The summed E-state index contributed by atoms with van der Waals surface area (Å²) in [5, 5.41) is 15.1. The highest BCUT2D eigenvalue weighted by Crippen LogP contribution is 2.32. The van der Waals surface area contributed by atoms with Crippen LogP contribution in [0, 0.1) is 5.82 Å². The van der Waals surface area contributed by atoms with Crippen molar-refractivity contribution in [2.45, 2.75) is 25.4 Å². The number of halogens is 1. The number of benzene rings is 3. The number of hydrogen-bond donors (Lipinski definition) is 4. The van der Waals surface area contributed by atoms with Crippen LogP contribution in [-0.4, -0.2) is 58.4 Å². The van der Waals surface area contributed by atoms with Crippen LogP contribution in [0.15, 0.2) is 67.0 Å². The van der Waals surface area contributed by atoms with Crippen molar-refractivity contribution in [3.8, 4) is 5.75 Å². The van der Waals surface area contributed by atoms with Gasteiger partial charge in [0.25, 0.3) is 11.8 Å². The molecule has 0 saturated heterocycles. The summed E-state index contributed by atoms with van der Waals surface area (Å²) in [6.45, 7) is -0.0146. The summed E-state index contributed by atoms with van der Waals surface area (Å²) in [4.78, 5) is 44.1. The summed E-state index contributed by atoms with van der Waals surface area (Å²) < 4.78 is 21.2. The van der Waals surface area contributed by atoms with E-state index in [9.17, 15) is 18.8 Å². The van der Waals surface area contributed by atoms with Gasteiger partial charge in [0, 0.05) is 30.4 Å². The molecule has 5 rings (SSSR count). The van der Waals surface area contributed by atoms with E-state index < -0.39 is 23.7 Å². The van der Waals surface area contributed by atoms with Gasteiger partial charge in [-0.05, 0) is 48.4 Å². The zero-order valence-electron chi connectivity index (χ0n) is 23.3. The lowest BCUT2D eigenvalue weighted by atomic mass is 10.1. The Balaban J connectivity index is 1.19. The summed E-state index contributed by atoms with van der Waals surface area (Å²) in [5.41, 5.74) is 9.34. The van der Waals surface area contributed by atoms with Gasteiger partial charge in [0.1, 0.15) is 30.5 Å². The standard InChI is InChI=1S/C30H29FN8O4/c1-38-25-12-18(7-11-27(40)35-21-9-8-19(14-32)23(33)13-21)6-10-26(25)43-16-24(30(38)42)36-29(41)28-34-17-39(37-28)15-20-4-2-3-5-22(20)31/h2-6,8-10,12-14,17,24,32H,7,11,15-16,33H2,1H3,(H,35,40)(H,36,41)/p+1. The third kappa shape index (κ3) is 6.67. The van der Waals surface area contributed by atoms with Crippen LogP contribution in [0.5, 0.6) is 5.75 Å². The second kappa shape index (κ2) is 12.5. The van der Waals surface area contributed by atoms with Crippen molar-refractivity contribution in [2.75, 3.05) is 29.6 Å². The van der Waals surface area contributed by atoms with Gasteiger partial charge in [-0.15, -0.1) is 5.10 Å². The highest BCUT2D eigenvalue weighted by atomic mass is 19.1. The maximum absolute atomic E-state index is 14.0. The summed E-state index contributed by atoms with van der Waals surface area (Å²) in [7, 11) is 1.58. The Morgan fingerprint density at radius 2 is 2.00 bits per heavy atom. The maximum Gasteiger partial charge on any atom is 0.291 e. The molecule has 1 aliphatic heterocycles. The Morgan fingerprint density at radius 3 is 2.77 bits per heavy atom. The van der Waals surface area contributed by atoms with Gasteiger partial charge in [0.2, 0.25) is 11.7 Å². The number of ether oxygens (including phenoxy) is 1. The van der Waals surface area contributed by atoms with Gasteiger partial charge in [-0.25, -0.2) is 14.1 Å². The van der Waals surface area contributed by atoms with Crippen molar-refractivity contribution in [3.05, 3.63) is 95.3 Å². The molecule has 3 aromatic carbocycles. The quantitative estimate of drug-likeness (QED) is 0.167. The fourth-order valence-electron chi connectivity index (χ4n) is 4.59. The second-order valence-electron chi connectivity index (χ2n) is 9.95. The van der Waals surface area contributed by atoms with Crippen molar-refractivity contribution in [2.24, 2.45) is 0 Å². The van der Waals surface area contributed by atoms with Gasteiger partial charge >= 0.3 is 0 Å². The fourth-order valence-corrected chi connectivity index (χ4v) is 4.59. The van der Waals surface area contributed by atoms with Crippen LogP contribution in [0.25, 0.3) is 0 Å². The summed E-state index contributed by atoms with van der Waals surface area (Å²) in [6, 6.07) is 15.6. The lowest BCUT2D eigenvalue weighted by Crippen LogP contribution is -2.49. The number of likely N-dealkylation sites (N-methyl/N-ethyl adjacent to an activating group) is 1. The molecule has 0 fully saturated rings. The van der Waals surface area contributed by atoms with Crippen molar-refractivity contribution >= 4 is 41.0 Å². The maximum atomic E-state index is 14.0. The number of rotatable bonds is 9. The summed E-state index contributed by atoms with van der Waals surface area (Å²) in [6.07, 6.45) is 3.32. The number of fused-ring (bicyclic) bond motifs is 1. The number of nitrogen functional groups attached to an aromatic ring is 1. The van der Waals surface area contributed by atoms with E-state index in [1.54, 1.807) is 55.6 Å². The van der Waals surface area contributed by atoms with Crippen LogP contribution in [0.1, 0.15) is 33.7 Å². The average Bonchev–Trinajstić information content (AvgIpc) is 3.43. The number of nitrogens with zero attached hydrogens (tertiary/aromatic N) is 4. The van der Waals surface area contributed by atoms with Gasteiger partial charge in [0.15, 0.2) is 6.21 Å². The molecule has 0 radical (unpaired) electrons. The molecule has 1 aliphatic rings. The van der Waals surface area contributed by atoms with Crippen LogP contribution in [0.4, 0.5) is 21.5 Å². The fraction of sp³-hybridized carbons (Fsp3) is 0.200. The smallest absolute Gasteiger partial charge is 0.291 e. The molecule has 0 spiro atoms. The van der Waals surface area contributed by atoms with Crippen LogP contribution < -0.4 is 31.4 Å². The zero-order chi connectivity index (χ0) is 30.5. The predicted octanol–water partition coefficient (Wildman–Crippen LogP) is 0.951. The lowest BCUT2D eigenvalue weighted by molar-refractivity contribution is -0.120. The first kappa shape index (κ1) is 28.9. The van der Waals surface area contributed by atoms with Gasteiger partial charge < -0.3 is 26.0 Å². The number of anilines is 3. The minimum Gasteiger partial charge on any atom is -0.489 e. The van der Waals surface area contributed by atoms with Gasteiger partial charge in [-0.3, -0.25) is 19.8 Å². The lowest BCUT2D eigenvalue weighted by Gasteiger charge is -2.20. The molecule has 3 amide bonds. The van der Waals surface area contributed by atoms with Crippen LogP contribution in [0.3, 0.4) is 0 Å². The minimum atomic E-state index is -1.01. The van der Waals surface area contributed by atoms with Gasteiger partial charge in [0.05, 0.1) is 17.8 Å². The number of carbonyl (C=O) groups is 3. The van der Waals surface area contributed by atoms with Gasteiger partial charge in [-0.1, -0.05) is 24.3 Å². The first-order valence-electron chi connectivity index (χ1n) is 13.4. The zero-order valence-corrected chi connectivity index (χ0v) is 23.3. The Bertz CT molecular complexity index is 1710. The van der Waals surface area contributed by atoms with Crippen molar-refractivity contribution in [1.82, 2.24) is 20.1 Å². The van der Waals surface area contributed by atoms with E-state index >= 15 is 0 Å². The first-order valence-corrected chi connectivity index (χ1v) is 13.4. The Labute approximate surface area is 246 Å². The minimum absolute atomic E-state index is 0.0931. The number of hydrogen-bond acceptors (Lipinski definition) is 7. The van der Waals surface area contributed by atoms with E-state index in [1.165, 1.54) is 28.2 Å². The molecular formula is C30H30FN8O4+. The molecule has 220 valence electrons. The molecule has 0 aliphatic carbocycles. The number of aromatic nitrogens is 3. The summed E-state index contributed by atoms with van der Waals surface area (Å²) in [5.74, 6) is -1.36. The van der Waals surface area contributed by atoms with Crippen molar-refractivity contribution in [3.63, 3.8) is 0 Å². The Morgan fingerprint density at radius 1 is 1.19 bits per heavy atom. The normalized spacial score (nSPS) is 14.3. The highest BCUT2D eigenvalue weighted by molar-refractivity contribution is 6.02. The monoisotopic (exact) mass is 585 g/mol. The number of amides is 3. The molecule has 0 saturated carbocycles. The largest absolute Gasteiger partial charge is 0.489 e. The molecule has 1 atom stereocenters. The van der Waals surface area contributed by atoms with E-state index in [0.29, 0.717) is 40.4 Å². The molecule has 6 N–H and O–H groups in total. The molecule has 43 heavy (non-hydrogen) atoms.